The lowest BCUT2D eigenvalue weighted by atomic mass is 9.96. The van der Waals surface area contributed by atoms with Gasteiger partial charge < -0.3 is 15.0 Å². The number of hydrogen-bond acceptors (Lipinski definition) is 5. The minimum absolute atomic E-state index is 0.109. The summed E-state index contributed by atoms with van der Waals surface area (Å²) in [6.45, 7) is 0.925. The maximum Gasteiger partial charge on any atom is 0.255 e. The Morgan fingerprint density at radius 3 is 2.82 bits per heavy atom. The number of piperidine rings is 1. The fourth-order valence-electron chi connectivity index (χ4n) is 4.60. The molecule has 0 saturated carbocycles. The SMILES string of the molecule is O=C1CCC(N2Cc3cc(CNC(=O)C4COc5ccc(Cl)cc5C4)ccc3C2=O)C(=O)N1. The lowest BCUT2D eigenvalue weighted by Crippen LogP contribution is -2.52. The number of ether oxygens (including phenoxy) is 1. The molecule has 0 spiro atoms. The van der Waals surface area contributed by atoms with E-state index in [4.69, 9.17) is 16.3 Å². The minimum atomic E-state index is -0.645. The van der Waals surface area contributed by atoms with Crippen LogP contribution >= 0.6 is 11.6 Å². The quantitative estimate of drug-likeness (QED) is 0.669. The van der Waals surface area contributed by atoms with Crippen molar-refractivity contribution < 1.29 is 23.9 Å². The molecule has 33 heavy (non-hydrogen) atoms. The van der Waals surface area contributed by atoms with Crippen molar-refractivity contribution in [3.63, 3.8) is 0 Å². The zero-order chi connectivity index (χ0) is 23.1. The fourth-order valence-corrected chi connectivity index (χ4v) is 4.80. The molecule has 0 aliphatic carbocycles. The Bertz CT molecular complexity index is 1180. The molecule has 2 N–H and O–H groups in total. The van der Waals surface area contributed by atoms with Crippen LogP contribution in [0.15, 0.2) is 36.4 Å². The molecule has 3 aliphatic heterocycles. The first kappa shape index (κ1) is 21.5. The van der Waals surface area contributed by atoms with Gasteiger partial charge in [0, 0.05) is 30.1 Å². The molecule has 1 saturated heterocycles. The number of benzene rings is 2. The number of nitrogens with one attached hydrogen (secondary N) is 2. The van der Waals surface area contributed by atoms with Gasteiger partial charge in [-0.1, -0.05) is 23.7 Å². The summed E-state index contributed by atoms with van der Waals surface area (Å²) in [7, 11) is 0. The lowest BCUT2D eigenvalue weighted by molar-refractivity contribution is -0.137. The number of imide groups is 1. The van der Waals surface area contributed by atoms with E-state index in [0.29, 0.717) is 43.1 Å². The van der Waals surface area contributed by atoms with Gasteiger partial charge in [0.25, 0.3) is 5.91 Å². The molecule has 0 radical (unpaired) electrons. The van der Waals surface area contributed by atoms with Crippen molar-refractivity contribution in [2.75, 3.05) is 6.61 Å². The van der Waals surface area contributed by atoms with Gasteiger partial charge in [0.1, 0.15) is 18.4 Å². The summed E-state index contributed by atoms with van der Waals surface area (Å²) >= 11 is 6.06. The summed E-state index contributed by atoms with van der Waals surface area (Å²) in [6.07, 6.45) is 1.10. The smallest absolute Gasteiger partial charge is 0.255 e. The Hall–Kier alpha value is -3.39. The van der Waals surface area contributed by atoms with Crippen LogP contribution in [0.25, 0.3) is 0 Å². The van der Waals surface area contributed by atoms with Gasteiger partial charge in [0.15, 0.2) is 0 Å². The molecular weight excluding hydrogens is 446 g/mol. The van der Waals surface area contributed by atoms with E-state index in [9.17, 15) is 19.2 Å². The fraction of sp³-hybridized carbons (Fsp3) is 0.333. The summed E-state index contributed by atoms with van der Waals surface area (Å²) in [4.78, 5) is 50.6. The predicted octanol–water partition coefficient (Wildman–Crippen LogP) is 1.97. The monoisotopic (exact) mass is 467 g/mol. The van der Waals surface area contributed by atoms with E-state index in [0.717, 1.165) is 22.4 Å². The van der Waals surface area contributed by atoms with E-state index in [1.807, 2.05) is 18.2 Å². The minimum Gasteiger partial charge on any atom is -0.492 e. The number of fused-ring (bicyclic) bond motifs is 2. The zero-order valence-electron chi connectivity index (χ0n) is 17.7. The molecule has 170 valence electrons. The molecule has 2 unspecified atom stereocenters. The molecule has 8 nitrogen and oxygen atoms in total. The van der Waals surface area contributed by atoms with Crippen LogP contribution in [-0.2, 0) is 33.9 Å². The Labute approximate surface area is 195 Å². The molecular formula is C24H22ClN3O5. The van der Waals surface area contributed by atoms with Gasteiger partial charge in [-0.05, 0) is 53.8 Å². The summed E-state index contributed by atoms with van der Waals surface area (Å²) < 4.78 is 5.71. The molecule has 4 amide bonds. The molecule has 3 aliphatic rings. The Balaban J connectivity index is 1.22. The van der Waals surface area contributed by atoms with E-state index in [1.165, 1.54) is 4.90 Å². The largest absolute Gasteiger partial charge is 0.492 e. The van der Waals surface area contributed by atoms with Gasteiger partial charge in [0.05, 0.1) is 5.92 Å². The predicted molar refractivity (Wildman–Crippen MR) is 118 cm³/mol. The molecule has 1 fully saturated rings. The molecule has 2 atom stereocenters. The van der Waals surface area contributed by atoms with Crippen molar-refractivity contribution >= 4 is 35.2 Å². The van der Waals surface area contributed by atoms with E-state index < -0.39 is 11.9 Å². The van der Waals surface area contributed by atoms with Crippen LogP contribution in [0, 0.1) is 5.92 Å². The van der Waals surface area contributed by atoms with Gasteiger partial charge in [-0.25, -0.2) is 0 Å². The highest BCUT2D eigenvalue weighted by Crippen LogP contribution is 2.30. The van der Waals surface area contributed by atoms with Gasteiger partial charge in [-0.2, -0.15) is 0 Å². The number of halogens is 1. The summed E-state index contributed by atoms with van der Waals surface area (Å²) in [5.41, 5.74) is 3.13. The van der Waals surface area contributed by atoms with E-state index >= 15 is 0 Å². The average Bonchev–Trinajstić information content (AvgIpc) is 3.12. The molecule has 9 heteroatoms. The third kappa shape index (κ3) is 4.18. The first-order chi connectivity index (χ1) is 15.9. The number of rotatable bonds is 4. The number of carbonyl (C=O) groups excluding carboxylic acids is 4. The Morgan fingerprint density at radius 1 is 1.15 bits per heavy atom. The Morgan fingerprint density at radius 2 is 2.00 bits per heavy atom. The van der Waals surface area contributed by atoms with Gasteiger partial charge in [-0.3, -0.25) is 24.5 Å². The highest BCUT2D eigenvalue weighted by Gasteiger charge is 2.39. The lowest BCUT2D eigenvalue weighted by Gasteiger charge is -2.29. The summed E-state index contributed by atoms with van der Waals surface area (Å²) in [5, 5.41) is 5.86. The van der Waals surface area contributed by atoms with Crippen molar-refractivity contribution in [1.29, 1.82) is 0 Å². The molecule has 2 aromatic rings. The van der Waals surface area contributed by atoms with Crippen LogP contribution in [0.3, 0.4) is 0 Å². The van der Waals surface area contributed by atoms with Crippen LogP contribution in [0.4, 0.5) is 0 Å². The van der Waals surface area contributed by atoms with E-state index in [-0.39, 0.29) is 30.1 Å². The maximum absolute atomic E-state index is 12.8. The number of nitrogens with zero attached hydrogens (tertiary/aromatic N) is 1. The van der Waals surface area contributed by atoms with Crippen molar-refractivity contribution in [1.82, 2.24) is 15.5 Å². The van der Waals surface area contributed by atoms with Crippen LogP contribution in [0.2, 0.25) is 5.02 Å². The van der Waals surface area contributed by atoms with Crippen LogP contribution in [0.1, 0.15) is 39.9 Å². The first-order valence-electron chi connectivity index (χ1n) is 10.8. The summed E-state index contributed by atoms with van der Waals surface area (Å²) in [5.74, 6) is -0.623. The van der Waals surface area contributed by atoms with E-state index in [1.54, 1.807) is 18.2 Å². The highest BCUT2D eigenvalue weighted by atomic mass is 35.5. The van der Waals surface area contributed by atoms with Crippen molar-refractivity contribution in [3.8, 4) is 5.75 Å². The number of carbonyl (C=O) groups is 4. The maximum atomic E-state index is 12.8. The van der Waals surface area contributed by atoms with Crippen LogP contribution < -0.4 is 15.4 Å². The molecule has 0 bridgehead atoms. The second-order valence-electron chi connectivity index (χ2n) is 8.57. The second-order valence-corrected chi connectivity index (χ2v) is 9.01. The van der Waals surface area contributed by atoms with E-state index in [2.05, 4.69) is 10.6 Å². The highest BCUT2D eigenvalue weighted by molar-refractivity contribution is 6.30. The first-order valence-corrected chi connectivity index (χ1v) is 11.2. The molecule has 3 heterocycles. The standard InChI is InChI=1S/C24H22ClN3O5/c25-17-2-5-20-14(9-17)8-16(12-33-20)22(30)26-10-13-1-3-18-15(7-13)11-28(24(18)32)19-4-6-21(29)27-23(19)31/h1-3,5,7,9,16,19H,4,6,8,10-12H2,(H,26,30)(H,27,29,31). The van der Waals surface area contributed by atoms with Crippen LogP contribution in [-0.4, -0.2) is 41.2 Å². The third-order valence-electron chi connectivity index (χ3n) is 6.35. The van der Waals surface area contributed by atoms with Crippen molar-refractivity contribution in [2.24, 2.45) is 5.92 Å². The average molecular weight is 468 g/mol. The van der Waals surface area contributed by atoms with Crippen molar-refractivity contribution in [2.45, 2.75) is 38.4 Å². The van der Waals surface area contributed by atoms with Crippen molar-refractivity contribution in [3.05, 3.63) is 63.7 Å². The van der Waals surface area contributed by atoms with Gasteiger partial charge >= 0.3 is 0 Å². The number of amides is 4. The molecule has 5 rings (SSSR count). The number of hydrogen-bond donors (Lipinski definition) is 2. The zero-order valence-corrected chi connectivity index (χ0v) is 18.5. The summed E-state index contributed by atoms with van der Waals surface area (Å²) in [6, 6.07) is 10.2. The van der Waals surface area contributed by atoms with Gasteiger partial charge in [-0.15, -0.1) is 0 Å². The Kier molecular flexibility index (Phi) is 5.54. The molecule has 2 aromatic carbocycles. The van der Waals surface area contributed by atoms with Gasteiger partial charge in [0.2, 0.25) is 17.7 Å². The third-order valence-corrected chi connectivity index (χ3v) is 6.59. The second kappa shape index (κ2) is 8.51. The normalized spacial score (nSPS) is 21.7. The van der Waals surface area contributed by atoms with Crippen LogP contribution in [0.5, 0.6) is 5.75 Å². The molecule has 0 aromatic heterocycles. The topological polar surface area (TPSA) is 105 Å².